The van der Waals surface area contributed by atoms with E-state index in [0.717, 1.165) is 25.7 Å². The van der Waals surface area contributed by atoms with Gasteiger partial charge in [0.25, 0.3) is 0 Å². The van der Waals surface area contributed by atoms with Crippen LogP contribution >= 0.6 is 0 Å². The van der Waals surface area contributed by atoms with E-state index in [1.54, 1.807) is 5.57 Å². The predicted octanol–water partition coefficient (Wildman–Crippen LogP) is 6.89. The zero-order chi connectivity index (χ0) is 23.2. The van der Waals surface area contributed by atoms with Crippen molar-refractivity contribution in [2.75, 3.05) is 19.6 Å². The van der Waals surface area contributed by atoms with Crippen LogP contribution in [-0.2, 0) is 0 Å². The van der Waals surface area contributed by atoms with Gasteiger partial charge in [-0.1, -0.05) is 83.1 Å². The van der Waals surface area contributed by atoms with E-state index in [1.165, 1.54) is 83.8 Å². The molecular weight excluding hydrogens is 394 g/mol. The molecule has 0 heterocycles. The average Bonchev–Trinajstić information content (AvgIpc) is 3.29. The van der Waals surface area contributed by atoms with Gasteiger partial charge in [-0.2, -0.15) is 0 Å². The van der Waals surface area contributed by atoms with E-state index in [0.29, 0.717) is 11.8 Å². The molecule has 0 saturated heterocycles. The summed E-state index contributed by atoms with van der Waals surface area (Å²) in [5.41, 5.74) is 1.63. The number of allylic oxidation sites excluding steroid dienone is 2. The van der Waals surface area contributed by atoms with E-state index in [1.807, 2.05) is 6.08 Å². The molecule has 0 aromatic rings. The van der Waals surface area contributed by atoms with Crippen LogP contribution in [0.4, 0.5) is 0 Å². The van der Waals surface area contributed by atoms with Crippen LogP contribution < -0.4 is 0 Å². The van der Waals surface area contributed by atoms with Crippen molar-refractivity contribution in [2.24, 2.45) is 17.8 Å². The van der Waals surface area contributed by atoms with E-state index in [4.69, 9.17) is 0 Å². The molecule has 2 rings (SSSR count). The lowest BCUT2D eigenvalue weighted by Crippen LogP contribution is -2.27. The van der Waals surface area contributed by atoms with Crippen molar-refractivity contribution >= 4 is 0 Å². The van der Waals surface area contributed by atoms with Gasteiger partial charge in [0.2, 0.25) is 0 Å². The van der Waals surface area contributed by atoms with Gasteiger partial charge in [0.1, 0.15) is 0 Å². The Balaban J connectivity index is 1.68. The number of aliphatic hydroxyl groups excluding tert-OH is 2. The number of aliphatic hydroxyl groups is 2. The Bertz CT molecular complexity index is 535. The number of hydrogen-bond donors (Lipinski definition) is 2. The maximum Gasteiger partial charge on any atom is 0.0721 e. The second-order valence-corrected chi connectivity index (χ2v) is 10.5. The zero-order valence-corrected chi connectivity index (χ0v) is 21.5. The molecule has 0 aliphatic heterocycles. The summed E-state index contributed by atoms with van der Waals surface area (Å²) in [6, 6.07) is 0. The minimum atomic E-state index is -0.351. The third-order valence-electron chi connectivity index (χ3n) is 7.74. The maximum atomic E-state index is 10.6. The molecule has 0 spiro atoms. The van der Waals surface area contributed by atoms with E-state index in [9.17, 15) is 10.2 Å². The molecule has 3 heteroatoms. The van der Waals surface area contributed by atoms with Gasteiger partial charge in [0, 0.05) is 5.92 Å². The number of rotatable bonds is 18. The average molecular weight is 448 g/mol. The molecule has 0 aromatic carbocycles. The second kappa shape index (κ2) is 16.1. The van der Waals surface area contributed by atoms with Crippen LogP contribution in [0.25, 0.3) is 0 Å². The van der Waals surface area contributed by atoms with Crippen molar-refractivity contribution in [3.05, 3.63) is 23.8 Å². The minimum absolute atomic E-state index is 0.222. The molecule has 1 fully saturated rings. The van der Waals surface area contributed by atoms with Gasteiger partial charge >= 0.3 is 0 Å². The lowest BCUT2D eigenvalue weighted by molar-refractivity contribution is 0.139. The van der Waals surface area contributed by atoms with Crippen molar-refractivity contribution in [3.63, 3.8) is 0 Å². The van der Waals surface area contributed by atoms with Gasteiger partial charge < -0.3 is 15.1 Å². The third kappa shape index (κ3) is 9.69. The van der Waals surface area contributed by atoms with Crippen molar-refractivity contribution in [1.29, 1.82) is 0 Å². The first-order chi connectivity index (χ1) is 15.6. The van der Waals surface area contributed by atoms with Crippen LogP contribution in [0.5, 0.6) is 0 Å². The van der Waals surface area contributed by atoms with Crippen molar-refractivity contribution < 1.29 is 10.2 Å². The SMILES string of the molecule is CCCCC[C@H](O)C=C[C@@H]1[C@H]2CC(CCCCCN(CCCC)CCCC)=C[C@H]2C[C@H]1O. The summed E-state index contributed by atoms with van der Waals surface area (Å²) in [6.45, 7) is 10.6. The molecule has 186 valence electrons. The quantitative estimate of drug-likeness (QED) is 0.178. The smallest absolute Gasteiger partial charge is 0.0721 e. The van der Waals surface area contributed by atoms with E-state index >= 15 is 0 Å². The predicted molar refractivity (Wildman–Crippen MR) is 138 cm³/mol. The summed E-state index contributed by atoms with van der Waals surface area (Å²) >= 11 is 0. The molecule has 2 N–H and O–H groups in total. The Morgan fingerprint density at radius 1 is 0.938 bits per heavy atom. The first-order valence-electron chi connectivity index (χ1n) is 14.0. The summed E-state index contributed by atoms with van der Waals surface area (Å²) in [6.07, 6.45) is 22.8. The summed E-state index contributed by atoms with van der Waals surface area (Å²) in [5, 5.41) is 20.8. The fourth-order valence-corrected chi connectivity index (χ4v) is 5.71. The molecule has 0 bridgehead atoms. The molecule has 0 radical (unpaired) electrons. The fourth-order valence-electron chi connectivity index (χ4n) is 5.71. The highest BCUT2D eigenvalue weighted by atomic mass is 16.3. The van der Waals surface area contributed by atoms with E-state index < -0.39 is 0 Å². The third-order valence-corrected chi connectivity index (χ3v) is 7.74. The number of unbranched alkanes of at least 4 members (excludes halogenated alkanes) is 6. The molecule has 32 heavy (non-hydrogen) atoms. The first kappa shape index (κ1) is 27.6. The first-order valence-corrected chi connectivity index (χ1v) is 14.0. The molecule has 1 saturated carbocycles. The lowest BCUT2D eigenvalue weighted by Gasteiger charge is -2.22. The van der Waals surface area contributed by atoms with Gasteiger partial charge in [0.15, 0.2) is 0 Å². The molecule has 0 amide bonds. The van der Waals surface area contributed by atoms with Gasteiger partial charge in [-0.15, -0.1) is 0 Å². The fraction of sp³-hybridized carbons (Fsp3) is 0.862. The normalized spacial score (nSPS) is 26.2. The molecule has 3 nitrogen and oxygen atoms in total. The molecule has 5 atom stereocenters. The Labute approximate surface area is 199 Å². The molecule has 0 unspecified atom stereocenters. The number of hydrogen-bond acceptors (Lipinski definition) is 3. The Hall–Kier alpha value is -0.640. The van der Waals surface area contributed by atoms with Crippen LogP contribution in [0, 0.1) is 17.8 Å². The molecular formula is C29H53NO2. The second-order valence-electron chi connectivity index (χ2n) is 10.5. The van der Waals surface area contributed by atoms with Crippen molar-refractivity contribution in [2.45, 2.75) is 123 Å². The largest absolute Gasteiger partial charge is 0.392 e. The van der Waals surface area contributed by atoms with Gasteiger partial charge in [-0.05, 0) is 82.8 Å². The van der Waals surface area contributed by atoms with Crippen LogP contribution in [0.3, 0.4) is 0 Å². The van der Waals surface area contributed by atoms with Gasteiger partial charge in [-0.25, -0.2) is 0 Å². The number of fused-ring (bicyclic) bond motifs is 1. The number of nitrogens with zero attached hydrogens (tertiary/aromatic N) is 1. The highest BCUT2D eigenvalue weighted by molar-refractivity contribution is 5.21. The highest BCUT2D eigenvalue weighted by Crippen LogP contribution is 2.48. The Morgan fingerprint density at radius 2 is 1.62 bits per heavy atom. The Kier molecular flexibility index (Phi) is 13.9. The van der Waals surface area contributed by atoms with Gasteiger partial charge in [-0.3, -0.25) is 0 Å². The standard InChI is InChI=1S/C29H53NO2/c1-4-7-11-15-26(31)16-17-27-28-22-24(21-25(28)23-29(27)32)14-12-10-13-20-30(18-8-5-2)19-9-6-3/h16-17,21,25-29,31-32H,4-15,18-20,22-23H2,1-3H3/t25-,26-,27+,28-,29+/m0/s1. The van der Waals surface area contributed by atoms with Crippen LogP contribution in [0.15, 0.2) is 23.8 Å². The van der Waals surface area contributed by atoms with Gasteiger partial charge in [0.05, 0.1) is 12.2 Å². The molecule has 0 aromatic heterocycles. The van der Waals surface area contributed by atoms with E-state index in [-0.39, 0.29) is 18.1 Å². The summed E-state index contributed by atoms with van der Waals surface area (Å²) in [5.74, 6) is 1.32. The van der Waals surface area contributed by atoms with E-state index in [2.05, 4.69) is 37.8 Å². The maximum absolute atomic E-state index is 10.6. The van der Waals surface area contributed by atoms with Crippen molar-refractivity contribution in [3.8, 4) is 0 Å². The van der Waals surface area contributed by atoms with Crippen LogP contribution in [0.2, 0.25) is 0 Å². The molecule has 2 aliphatic carbocycles. The summed E-state index contributed by atoms with van der Waals surface area (Å²) in [7, 11) is 0. The van der Waals surface area contributed by atoms with Crippen molar-refractivity contribution in [1.82, 2.24) is 4.90 Å². The lowest BCUT2D eigenvalue weighted by atomic mass is 9.88. The van der Waals surface area contributed by atoms with Crippen LogP contribution in [-0.4, -0.2) is 47.0 Å². The molecule has 2 aliphatic rings. The monoisotopic (exact) mass is 447 g/mol. The Morgan fingerprint density at radius 3 is 2.31 bits per heavy atom. The van der Waals surface area contributed by atoms with Crippen LogP contribution in [0.1, 0.15) is 111 Å². The minimum Gasteiger partial charge on any atom is -0.392 e. The summed E-state index contributed by atoms with van der Waals surface area (Å²) < 4.78 is 0. The summed E-state index contributed by atoms with van der Waals surface area (Å²) in [4.78, 5) is 2.68. The topological polar surface area (TPSA) is 43.7 Å². The highest BCUT2D eigenvalue weighted by Gasteiger charge is 2.43. The zero-order valence-electron chi connectivity index (χ0n) is 21.5.